The van der Waals surface area contributed by atoms with Crippen LogP contribution in [0, 0.1) is 6.92 Å². The van der Waals surface area contributed by atoms with Gasteiger partial charge in [0.2, 0.25) is 0 Å². The predicted octanol–water partition coefficient (Wildman–Crippen LogP) is 5.25. The molecule has 1 nitrogen and oxygen atoms in total. The summed E-state index contributed by atoms with van der Waals surface area (Å²) < 4.78 is 0. The average Bonchev–Trinajstić information content (AvgIpc) is 2.33. The van der Waals surface area contributed by atoms with Crippen molar-refractivity contribution in [2.45, 2.75) is 20.8 Å². The maximum atomic E-state index is 3.76. The number of aryl methyl sites for hydroxylation is 1. The van der Waals surface area contributed by atoms with Gasteiger partial charge in [0.15, 0.2) is 0 Å². The van der Waals surface area contributed by atoms with E-state index in [1.807, 2.05) is 32.1 Å². The average molecular weight is 241 g/mol. The molecule has 0 saturated heterocycles. The van der Waals surface area contributed by atoms with E-state index in [0.717, 1.165) is 17.0 Å². The molecule has 1 N–H and O–H groups in total. The van der Waals surface area contributed by atoms with Crippen molar-refractivity contribution >= 4 is 5.69 Å². The lowest BCUT2D eigenvalue weighted by molar-refractivity contribution is 1.38. The summed E-state index contributed by atoms with van der Waals surface area (Å²) in [6.45, 7) is 16.8. The first-order chi connectivity index (χ1) is 8.49. The summed E-state index contributed by atoms with van der Waals surface area (Å²) in [7, 11) is 0. The van der Waals surface area contributed by atoms with Crippen molar-refractivity contribution in [3.05, 3.63) is 79.1 Å². The Morgan fingerprint density at radius 2 is 1.67 bits per heavy atom. The first kappa shape index (κ1) is 16.0. The fourth-order valence-electron chi connectivity index (χ4n) is 1.14. The maximum absolute atomic E-state index is 3.76. The molecule has 0 aliphatic heterocycles. The molecule has 0 bridgehead atoms. The minimum Gasteiger partial charge on any atom is -0.360 e. The zero-order valence-electron chi connectivity index (χ0n) is 11.7. The number of hydrogen-bond acceptors (Lipinski definition) is 1. The third-order valence-corrected chi connectivity index (χ3v) is 2.11. The Hall–Kier alpha value is -2.02. The van der Waals surface area contributed by atoms with Gasteiger partial charge in [0.25, 0.3) is 0 Å². The van der Waals surface area contributed by atoms with Crippen molar-refractivity contribution < 1.29 is 0 Å². The van der Waals surface area contributed by atoms with Crippen LogP contribution in [-0.4, -0.2) is 0 Å². The van der Waals surface area contributed by atoms with Crippen LogP contribution < -0.4 is 5.32 Å². The Morgan fingerprint density at radius 3 is 2.00 bits per heavy atom. The molecule has 0 unspecified atom stereocenters. The molecule has 0 fully saturated rings. The second-order valence-corrected chi connectivity index (χ2v) is 4.12. The molecule has 1 aromatic rings. The highest BCUT2D eigenvalue weighted by atomic mass is 14.9. The van der Waals surface area contributed by atoms with E-state index in [4.69, 9.17) is 0 Å². The lowest BCUT2D eigenvalue weighted by Gasteiger charge is -2.04. The summed E-state index contributed by atoms with van der Waals surface area (Å²) in [6.07, 6.45) is 5.45. The summed E-state index contributed by atoms with van der Waals surface area (Å²) in [5.41, 5.74) is 4.49. The normalized spacial score (nSPS) is 9.83. The van der Waals surface area contributed by atoms with Crippen molar-refractivity contribution in [2.75, 3.05) is 5.32 Å². The van der Waals surface area contributed by atoms with Gasteiger partial charge >= 0.3 is 0 Å². The van der Waals surface area contributed by atoms with Crippen LogP contribution in [0.3, 0.4) is 0 Å². The Morgan fingerprint density at radius 1 is 1.11 bits per heavy atom. The van der Waals surface area contributed by atoms with Gasteiger partial charge in [-0.25, -0.2) is 0 Å². The van der Waals surface area contributed by atoms with Crippen molar-refractivity contribution in [2.24, 2.45) is 0 Å². The molecular formula is C17H23N. The van der Waals surface area contributed by atoms with Crippen LogP contribution >= 0.6 is 0 Å². The van der Waals surface area contributed by atoms with Crippen LogP contribution in [0.15, 0.2) is 73.5 Å². The van der Waals surface area contributed by atoms with Crippen molar-refractivity contribution in [3.63, 3.8) is 0 Å². The highest BCUT2D eigenvalue weighted by Crippen LogP contribution is 2.09. The molecule has 0 amide bonds. The Labute approximate surface area is 111 Å². The fourth-order valence-corrected chi connectivity index (χ4v) is 1.14. The summed E-state index contributed by atoms with van der Waals surface area (Å²) in [4.78, 5) is 0. The van der Waals surface area contributed by atoms with Gasteiger partial charge in [0.05, 0.1) is 0 Å². The molecule has 0 aliphatic rings. The van der Waals surface area contributed by atoms with E-state index in [9.17, 15) is 0 Å². The number of allylic oxidation sites excluding steroid dienone is 5. The van der Waals surface area contributed by atoms with Gasteiger partial charge in [-0.15, -0.1) is 0 Å². The fraction of sp³-hybridized carbons (Fsp3) is 0.176. The number of hydrogen-bond donors (Lipinski definition) is 1. The monoisotopic (exact) mass is 241 g/mol. The molecule has 1 aromatic carbocycles. The van der Waals surface area contributed by atoms with Crippen molar-refractivity contribution in [1.29, 1.82) is 0 Å². The largest absolute Gasteiger partial charge is 0.360 e. The standard InChI is InChI=1S/C10H13N.C7H10/c1-8(2)11-10-6-4-9(3)5-7-10;1-4-6-7(3)5-2/h4-7,11H,1H2,2-3H3;4-6H,1-2H2,3H3/b;7-6-. The highest BCUT2D eigenvalue weighted by Gasteiger charge is 1.88. The summed E-state index contributed by atoms with van der Waals surface area (Å²) >= 11 is 0. The molecule has 1 heteroatoms. The molecule has 1 rings (SSSR count). The second-order valence-electron chi connectivity index (χ2n) is 4.12. The van der Waals surface area contributed by atoms with Crippen LogP contribution in [0.5, 0.6) is 0 Å². The zero-order valence-corrected chi connectivity index (χ0v) is 11.7. The lowest BCUT2D eigenvalue weighted by Crippen LogP contribution is -1.92. The maximum Gasteiger partial charge on any atom is 0.0381 e. The van der Waals surface area contributed by atoms with Crippen LogP contribution in [0.4, 0.5) is 5.69 Å². The minimum atomic E-state index is 0.967. The molecule has 0 spiro atoms. The molecular weight excluding hydrogens is 218 g/mol. The highest BCUT2D eigenvalue weighted by molar-refractivity contribution is 5.48. The van der Waals surface area contributed by atoms with Gasteiger partial charge in [-0.05, 0) is 32.9 Å². The quantitative estimate of drug-likeness (QED) is 0.710. The molecule has 0 radical (unpaired) electrons. The molecule has 0 aromatic heterocycles. The van der Waals surface area contributed by atoms with E-state index >= 15 is 0 Å². The molecule has 96 valence electrons. The van der Waals surface area contributed by atoms with E-state index in [0.29, 0.717) is 0 Å². The summed E-state index contributed by atoms with van der Waals surface area (Å²) in [5, 5.41) is 3.14. The number of benzene rings is 1. The van der Waals surface area contributed by atoms with Gasteiger partial charge in [0.1, 0.15) is 0 Å². The molecule has 0 atom stereocenters. The Balaban J connectivity index is 0.000000360. The van der Waals surface area contributed by atoms with Crippen molar-refractivity contribution in [1.82, 2.24) is 0 Å². The molecule has 0 heterocycles. The van der Waals surface area contributed by atoms with Crippen LogP contribution in [-0.2, 0) is 0 Å². The second kappa shape index (κ2) is 9.06. The van der Waals surface area contributed by atoms with Gasteiger partial charge < -0.3 is 5.32 Å². The van der Waals surface area contributed by atoms with Crippen LogP contribution in [0.1, 0.15) is 19.4 Å². The lowest BCUT2D eigenvalue weighted by atomic mass is 10.2. The van der Waals surface area contributed by atoms with Gasteiger partial charge in [0, 0.05) is 11.4 Å². The SMILES string of the molecule is C=C(C)Nc1ccc(C)cc1.C=C/C=C(/C)C=C. The number of anilines is 1. The zero-order chi connectivity index (χ0) is 14.0. The summed E-state index contributed by atoms with van der Waals surface area (Å²) in [6, 6.07) is 8.24. The van der Waals surface area contributed by atoms with Crippen LogP contribution in [0.25, 0.3) is 0 Å². The third kappa shape index (κ3) is 8.17. The summed E-state index contributed by atoms with van der Waals surface area (Å²) in [5.74, 6) is 0. The van der Waals surface area contributed by atoms with Gasteiger partial charge in [-0.1, -0.05) is 61.2 Å². The molecule has 18 heavy (non-hydrogen) atoms. The van der Waals surface area contributed by atoms with E-state index in [1.54, 1.807) is 12.2 Å². The minimum absolute atomic E-state index is 0.967. The third-order valence-electron chi connectivity index (χ3n) is 2.11. The van der Waals surface area contributed by atoms with Crippen molar-refractivity contribution in [3.8, 4) is 0 Å². The first-order valence-electron chi connectivity index (χ1n) is 5.90. The van der Waals surface area contributed by atoms with E-state index in [2.05, 4.69) is 44.1 Å². The number of rotatable bonds is 4. The van der Waals surface area contributed by atoms with E-state index in [-0.39, 0.29) is 0 Å². The predicted molar refractivity (Wildman–Crippen MR) is 83.8 cm³/mol. The van der Waals surface area contributed by atoms with Crippen LogP contribution in [0.2, 0.25) is 0 Å². The smallest absolute Gasteiger partial charge is 0.0381 e. The number of nitrogens with one attached hydrogen (secondary N) is 1. The first-order valence-corrected chi connectivity index (χ1v) is 5.90. The van der Waals surface area contributed by atoms with Gasteiger partial charge in [-0.3, -0.25) is 0 Å². The Kier molecular flexibility index (Phi) is 8.04. The topological polar surface area (TPSA) is 12.0 Å². The molecule has 0 saturated carbocycles. The van der Waals surface area contributed by atoms with E-state index < -0.39 is 0 Å². The van der Waals surface area contributed by atoms with Gasteiger partial charge in [-0.2, -0.15) is 0 Å². The van der Waals surface area contributed by atoms with E-state index in [1.165, 1.54) is 5.56 Å². The Bertz CT molecular complexity index is 421. The molecule has 0 aliphatic carbocycles.